The second-order valence-electron chi connectivity index (χ2n) is 8.10. The highest BCUT2D eigenvalue weighted by Gasteiger charge is 2.24. The summed E-state index contributed by atoms with van der Waals surface area (Å²) in [6, 6.07) is 2.53. The number of aromatic nitrogens is 1. The number of nitriles is 2. The largest absolute Gasteiger partial charge is 0.383 e. The van der Waals surface area contributed by atoms with Crippen LogP contribution in [0, 0.1) is 28.6 Å². The summed E-state index contributed by atoms with van der Waals surface area (Å²) in [6.45, 7) is 10.5. The number of aliphatic hydroxyl groups is 1. The Morgan fingerprint density at radius 3 is 2.44 bits per heavy atom. The van der Waals surface area contributed by atoms with Gasteiger partial charge in [0, 0.05) is 5.56 Å². The average Bonchev–Trinajstić information content (AvgIpc) is 3.18. The summed E-state index contributed by atoms with van der Waals surface area (Å²) in [5, 5.41) is 31.6. The van der Waals surface area contributed by atoms with Gasteiger partial charge in [-0.3, -0.25) is 4.72 Å². The Morgan fingerprint density at radius 2 is 1.97 bits per heavy atom. The number of hydrogen-bond donors (Lipinski definition) is 3. The van der Waals surface area contributed by atoms with Gasteiger partial charge >= 0.3 is 6.03 Å². The normalized spacial score (nSPS) is 12.5. The van der Waals surface area contributed by atoms with E-state index in [1.54, 1.807) is 33.9 Å². The van der Waals surface area contributed by atoms with Crippen molar-refractivity contribution in [3.63, 3.8) is 0 Å². The fourth-order valence-electron chi connectivity index (χ4n) is 2.93. The number of nitrogens with one attached hydrogen (secondary N) is 2. The first-order valence-electron chi connectivity index (χ1n) is 9.77. The van der Waals surface area contributed by atoms with E-state index in [4.69, 9.17) is 5.26 Å². The molecule has 1 atom stereocenters. The third-order valence-electron chi connectivity index (χ3n) is 4.40. The van der Waals surface area contributed by atoms with E-state index < -0.39 is 28.3 Å². The predicted molar refractivity (Wildman–Crippen MR) is 122 cm³/mol. The van der Waals surface area contributed by atoms with Crippen LogP contribution in [0.3, 0.4) is 0 Å². The summed E-state index contributed by atoms with van der Waals surface area (Å²) < 4.78 is 21.9. The van der Waals surface area contributed by atoms with Crippen LogP contribution in [0.15, 0.2) is 20.8 Å². The van der Waals surface area contributed by atoms with Crippen molar-refractivity contribution in [2.24, 2.45) is 4.36 Å². The molecule has 1 aromatic heterocycles. The lowest BCUT2D eigenvalue weighted by Gasteiger charge is -2.21. The highest BCUT2D eigenvalue weighted by atomic mass is 32.2. The zero-order chi connectivity index (χ0) is 24.2. The molecular weight excluding hydrogens is 451 g/mol. The molecule has 0 saturated carbocycles. The fourth-order valence-corrected chi connectivity index (χ4v) is 5.05. The molecule has 0 aliphatic rings. The molecule has 0 aliphatic carbocycles. The Bertz CT molecular complexity index is 1140. The van der Waals surface area contributed by atoms with Crippen LogP contribution in [0.25, 0.3) is 0 Å². The SMILES string of the molecule is CC(C)c1cc(C#N)c(F)c(C(C)C)c1NC(=O)N=S(NC#N)c1cnc(C(C)(C)O)s1. The molecule has 1 unspecified atom stereocenters. The highest BCUT2D eigenvalue weighted by Crippen LogP contribution is 2.36. The third kappa shape index (κ3) is 5.68. The molecule has 32 heavy (non-hydrogen) atoms. The van der Waals surface area contributed by atoms with Gasteiger partial charge in [0.25, 0.3) is 0 Å². The molecular formula is C21H25FN6O2S2. The van der Waals surface area contributed by atoms with Crippen molar-refractivity contribution in [2.75, 3.05) is 5.32 Å². The van der Waals surface area contributed by atoms with E-state index in [2.05, 4.69) is 19.4 Å². The Morgan fingerprint density at radius 1 is 1.31 bits per heavy atom. The highest BCUT2D eigenvalue weighted by molar-refractivity contribution is 7.88. The van der Waals surface area contributed by atoms with Crippen LogP contribution in [0.4, 0.5) is 14.9 Å². The summed E-state index contributed by atoms with van der Waals surface area (Å²) in [5.41, 5.74) is -0.133. The second kappa shape index (κ2) is 10.2. The van der Waals surface area contributed by atoms with Crippen LogP contribution < -0.4 is 10.0 Å². The molecule has 2 rings (SSSR count). The van der Waals surface area contributed by atoms with Crippen LogP contribution in [-0.4, -0.2) is 16.1 Å². The minimum atomic E-state index is -1.35. The van der Waals surface area contributed by atoms with E-state index in [9.17, 15) is 19.6 Å². The zero-order valence-electron chi connectivity index (χ0n) is 18.6. The maximum atomic E-state index is 15.0. The maximum Gasteiger partial charge on any atom is 0.353 e. The average molecular weight is 477 g/mol. The van der Waals surface area contributed by atoms with Gasteiger partial charge in [-0.2, -0.15) is 10.5 Å². The summed E-state index contributed by atoms with van der Waals surface area (Å²) in [4.78, 5) is 17.0. The number of urea groups is 1. The first-order valence-corrected chi connectivity index (χ1v) is 11.8. The van der Waals surface area contributed by atoms with Crippen molar-refractivity contribution >= 4 is 33.9 Å². The molecule has 2 aromatic rings. The van der Waals surface area contributed by atoms with Gasteiger partial charge in [-0.15, -0.1) is 15.7 Å². The van der Waals surface area contributed by atoms with Gasteiger partial charge in [-0.1, -0.05) is 27.7 Å². The first-order chi connectivity index (χ1) is 14.9. The van der Waals surface area contributed by atoms with Crippen LogP contribution in [-0.2, 0) is 16.5 Å². The number of thiazole rings is 1. The molecule has 0 spiro atoms. The number of benzene rings is 1. The smallest absolute Gasteiger partial charge is 0.353 e. The molecule has 0 radical (unpaired) electrons. The number of amides is 2. The second-order valence-corrected chi connectivity index (χ2v) is 10.8. The van der Waals surface area contributed by atoms with Crippen LogP contribution >= 0.6 is 11.3 Å². The number of carbonyl (C=O) groups is 1. The van der Waals surface area contributed by atoms with E-state index in [-0.39, 0.29) is 28.7 Å². The van der Waals surface area contributed by atoms with E-state index in [0.717, 1.165) is 11.3 Å². The number of anilines is 1. The van der Waals surface area contributed by atoms with Crippen molar-refractivity contribution < 1.29 is 14.3 Å². The lowest BCUT2D eigenvalue weighted by atomic mass is 9.90. The van der Waals surface area contributed by atoms with Crippen molar-refractivity contribution in [3.05, 3.63) is 39.8 Å². The Hall–Kier alpha value is -2.86. The minimum Gasteiger partial charge on any atom is -0.383 e. The molecule has 0 bridgehead atoms. The first kappa shape index (κ1) is 25.4. The molecule has 1 heterocycles. The quantitative estimate of drug-likeness (QED) is 0.396. The number of rotatable bonds is 6. The number of nitrogens with zero attached hydrogens (tertiary/aromatic N) is 4. The van der Waals surface area contributed by atoms with Gasteiger partial charge in [0.1, 0.15) is 26.7 Å². The number of halogens is 1. The number of carbonyl (C=O) groups excluding carboxylic acids is 1. The van der Waals surface area contributed by atoms with Crippen LogP contribution in [0.5, 0.6) is 0 Å². The van der Waals surface area contributed by atoms with Gasteiger partial charge in [0.05, 0.1) is 28.3 Å². The standard InChI is InChI=1S/C21H25FN6O2S2/c1-11(2)14-7-13(8-23)17(22)16(12(3)4)18(14)27-20(29)28-32(26-10-24)15-9-25-19(31-15)21(5,6)30/h7,9,11-12,30H,1-6H3,(H2,26,27,28,29). The molecule has 0 fully saturated rings. The summed E-state index contributed by atoms with van der Waals surface area (Å²) in [7, 11) is -1.35. The van der Waals surface area contributed by atoms with Crippen LogP contribution in [0.1, 0.15) is 75.1 Å². The molecule has 1 aromatic carbocycles. The Balaban J connectivity index is 2.53. The van der Waals surface area contributed by atoms with Crippen molar-refractivity contribution in [2.45, 2.75) is 63.2 Å². The van der Waals surface area contributed by atoms with E-state index in [1.165, 1.54) is 12.3 Å². The fraction of sp³-hybridized carbons (Fsp3) is 0.429. The van der Waals surface area contributed by atoms with Gasteiger partial charge in [-0.25, -0.2) is 14.2 Å². The van der Waals surface area contributed by atoms with E-state index in [0.29, 0.717) is 14.8 Å². The van der Waals surface area contributed by atoms with Gasteiger partial charge in [0.15, 0.2) is 6.19 Å². The molecule has 8 nitrogen and oxygen atoms in total. The monoisotopic (exact) mass is 476 g/mol. The molecule has 11 heteroatoms. The van der Waals surface area contributed by atoms with Gasteiger partial charge < -0.3 is 10.4 Å². The Labute approximate surface area is 193 Å². The summed E-state index contributed by atoms with van der Waals surface area (Å²) in [5.74, 6) is -1.07. The van der Waals surface area contributed by atoms with Crippen molar-refractivity contribution in [1.82, 2.24) is 9.71 Å². The van der Waals surface area contributed by atoms with Gasteiger partial charge in [0.2, 0.25) is 0 Å². The molecule has 0 aliphatic heterocycles. The summed E-state index contributed by atoms with van der Waals surface area (Å²) in [6.07, 6.45) is 3.22. The predicted octanol–water partition coefficient (Wildman–Crippen LogP) is 5.01. The summed E-state index contributed by atoms with van der Waals surface area (Å²) >= 11 is 1.13. The minimum absolute atomic E-state index is 0.0814. The Kier molecular flexibility index (Phi) is 8.07. The van der Waals surface area contributed by atoms with Crippen molar-refractivity contribution in [1.29, 1.82) is 10.5 Å². The molecule has 3 N–H and O–H groups in total. The molecule has 2 amide bonds. The molecule has 170 valence electrons. The lowest BCUT2D eigenvalue weighted by molar-refractivity contribution is 0.0783. The van der Waals surface area contributed by atoms with Gasteiger partial charge in [-0.05, 0) is 37.3 Å². The van der Waals surface area contributed by atoms with Crippen molar-refractivity contribution in [3.8, 4) is 12.3 Å². The maximum absolute atomic E-state index is 15.0. The topological polar surface area (TPSA) is 134 Å². The van der Waals surface area contributed by atoms with E-state index in [1.807, 2.05) is 19.9 Å². The lowest BCUT2D eigenvalue weighted by Crippen LogP contribution is -2.18. The van der Waals surface area contributed by atoms with Crippen LogP contribution in [0.2, 0.25) is 0 Å². The third-order valence-corrected chi connectivity index (χ3v) is 7.35. The van der Waals surface area contributed by atoms with E-state index >= 15 is 0 Å². The molecule has 0 saturated heterocycles. The number of hydrogen-bond acceptors (Lipinski definition) is 6. The zero-order valence-corrected chi connectivity index (χ0v) is 20.3.